The molecular weight excluding hydrogens is 364 g/mol. The van der Waals surface area contributed by atoms with Crippen molar-refractivity contribution in [2.45, 2.75) is 17.8 Å². The second kappa shape index (κ2) is 7.49. The Bertz CT molecular complexity index is 737. The summed E-state index contributed by atoms with van der Waals surface area (Å²) in [4.78, 5) is 38.1. The number of β-lactam (4-membered cyclic amide) rings is 1. The van der Waals surface area contributed by atoms with Crippen LogP contribution in [0.2, 0.25) is 0 Å². The van der Waals surface area contributed by atoms with Gasteiger partial charge in [0, 0.05) is 11.6 Å². The highest BCUT2D eigenvalue weighted by molar-refractivity contribution is 8.00. The number of nitrogens with zero attached hydrogens (tertiary/aromatic N) is 1. The smallest absolute Gasteiger partial charge is 0.354 e. The predicted octanol–water partition coefficient (Wildman–Crippen LogP) is 1.29. The molecule has 1 saturated heterocycles. The molecule has 2 amide bonds. The fourth-order valence-corrected chi connectivity index (χ4v) is 4.56. The first kappa shape index (κ1) is 17.8. The van der Waals surface area contributed by atoms with Crippen LogP contribution < -0.4 is 5.32 Å². The van der Waals surface area contributed by atoms with Gasteiger partial charge in [0.2, 0.25) is 5.91 Å². The number of benzene rings is 1. The summed E-state index contributed by atoms with van der Waals surface area (Å²) in [6.07, 6.45) is 0.203. The summed E-state index contributed by atoms with van der Waals surface area (Å²) in [6, 6.07) is 8.66. The van der Waals surface area contributed by atoms with Crippen molar-refractivity contribution in [2.75, 3.05) is 18.7 Å². The van der Waals surface area contributed by atoms with Crippen LogP contribution >= 0.6 is 23.4 Å². The lowest BCUT2D eigenvalue weighted by atomic mass is 10.0. The molecule has 2 aliphatic heterocycles. The number of thioether (sulfide) groups is 1. The number of fused-ring (bicyclic) bond motifs is 1. The molecule has 2 unspecified atom stereocenters. The summed E-state index contributed by atoms with van der Waals surface area (Å²) in [6.45, 7) is 0. The zero-order valence-electron chi connectivity index (χ0n) is 13.5. The molecule has 0 radical (unpaired) electrons. The lowest BCUT2D eigenvalue weighted by Crippen LogP contribution is -2.70. The highest BCUT2D eigenvalue weighted by atomic mass is 35.5. The Labute approximate surface area is 154 Å². The SMILES string of the molecule is COC(=O)C1=C(CCl)CSC2C(NC(=O)Cc3ccccc3)C(=O)N12. The molecule has 2 heterocycles. The predicted molar refractivity (Wildman–Crippen MR) is 94.9 cm³/mol. The minimum atomic E-state index is -0.641. The molecule has 0 saturated carbocycles. The van der Waals surface area contributed by atoms with Gasteiger partial charge < -0.3 is 10.1 Å². The molecule has 2 aliphatic rings. The van der Waals surface area contributed by atoms with Crippen LogP contribution in [0.25, 0.3) is 0 Å². The van der Waals surface area contributed by atoms with E-state index in [1.807, 2.05) is 30.3 Å². The number of hydrogen-bond acceptors (Lipinski definition) is 5. The maximum absolute atomic E-state index is 12.5. The van der Waals surface area contributed by atoms with Crippen LogP contribution in [0.15, 0.2) is 41.6 Å². The number of amides is 2. The molecule has 3 rings (SSSR count). The Morgan fingerprint density at radius 3 is 2.72 bits per heavy atom. The van der Waals surface area contributed by atoms with Gasteiger partial charge in [-0.2, -0.15) is 0 Å². The Morgan fingerprint density at radius 1 is 1.36 bits per heavy atom. The second-order valence-electron chi connectivity index (χ2n) is 5.69. The number of carbonyl (C=O) groups excluding carboxylic acids is 3. The van der Waals surface area contributed by atoms with Crippen molar-refractivity contribution < 1.29 is 19.1 Å². The Balaban J connectivity index is 1.70. The number of halogens is 1. The number of rotatable bonds is 5. The van der Waals surface area contributed by atoms with E-state index in [2.05, 4.69) is 5.32 Å². The van der Waals surface area contributed by atoms with Gasteiger partial charge in [-0.1, -0.05) is 30.3 Å². The summed E-state index contributed by atoms with van der Waals surface area (Å²) in [5.41, 5.74) is 1.75. The van der Waals surface area contributed by atoms with Gasteiger partial charge in [0.1, 0.15) is 17.1 Å². The summed E-state index contributed by atoms with van der Waals surface area (Å²) in [5.74, 6) is -0.451. The Kier molecular flexibility index (Phi) is 5.34. The summed E-state index contributed by atoms with van der Waals surface area (Å²) in [5, 5.41) is 2.45. The second-order valence-corrected chi connectivity index (χ2v) is 7.07. The van der Waals surface area contributed by atoms with E-state index in [0.29, 0.717) is 11.3 Å². The zero-order valence-corrected chi connectivity index (χ0v) is 15.1. The topological polar surface area (TPSA) is 75.7 Å². The van der Waals surface area contributed by atoms with Crippen molar-refractivity contribution in [1.82, 2.24) is 10.2 Å². The van der Waals surface area contributed by atoms with Crippen LogP contribution in [0.3, 0.4) is 0 Å². The van der Waals surface area contributed by atoms with Crippen LogP contribution in [-0.4, -0.2) is 52.8 Å². The van der Waals surface area contributed by atoms with Crippen LogP contribution in [0, 0.1) is 0 Å². The molecule has 1 aromatic rings. The average molecular weight is 381 g/mol. The van der Waals surface area contributed by atoms with Crippen molar-refractivity contribution >= 4 is 41.1 Å². The minimum absolute atomic E-state index is 0.152. The van der Waals surface area contributed by atoms with Gasteiger partial charge in [-0.05, 0) is 11.1 Å². The van der Waals surface area contributed by atoms with E-state index >= 15 is 0 Å². The molecule has 25 heavy (non-hydrogen) atoms. The third-order valence-electron chi connectivity index (χ3n) is 4.11. The lowest BCUT2D eigenvalue weighted by Gasteiger charge is -2.49. The lowest BCUT2D eigenvalue weighted by molar-refractivity contribution is -0.151. The number of methoxy groups -OCH3 is 1. The van der Waals surface area contributed by atoms with E-state index in [1.165, 1.54) is 23.8 Å². The molecule has 132 valence electrons. The highest BCUT2D eigenvalue weighted by Crippen LogP contribution is 2.40. The molecule has 1 N–H and O–H groups in total. The van der Waals surface area contributed by atoms with E-state index in [-0.39, 0.29) is 35.2 Å². The third kappa shape index (κ3) is 3.39. The van der Waals surface area contributed by atoms with E-state index in [0.717, 1.165) is 5.56 Å². The van der Waals surface area contributed by atoms with Crippen molar-refractivity contribution in [3.63, 3.8) is 0 Å². The highest BCUT2D eigenvalue weighted by Gasteiger charge is 2.54. The van der Waals surface area contributed by atoms with Gasteiger partial charge in [0.05, 0.1) is 13.5 Å². The number of nitrogens with one attached hydrogen (secondary N) is 1. The van der Waals surface area contributed by atoms with E-state index in [9.17, 15) is 14.4 Å². The van der Waals surface area contributed by atoms with E-state index in [4.69, 9.17) is 16.3 Å². The number of carbonyl (C=O) groups is 3. The van der Waals surface area contributed by atoms with Crippen LogP contribution in [0.4, 0.5) is 0 Å². The summed E-state index contributed by atoms with van der Waals surface area (Å²) >= 11 is 7.36. The number of ether oxygens (including phenoxy) is 1. The van der Waals surface area contributed by atoms with Gasteiger partial charge in [-0.3, -0.25) is 14.5 Å². The summed E-state index contributed by atoms with van der Waals surface area (Å²) < 4.78 is 4.77. The largest absolute Gasteiger partial charge is 0.464 e. The monoisotopic (exact) mass is 380 g/mol. The van der Waals surface area contributed by atoms with Gasteiger partial charge in [-0.25, -0.2) is 4.79 Å². The van der Waals surface area contributed by atoms with Gasteiger partial charge in [0.25, 0.3) is 5.91 Å². The minimum Gasteiger partial charge on any atom is -0.464 e. The maximum Gasteiger partial charge on any atom is 0.354 e. The van der Waals surface area contributed by atoms with Crippen molar-refractivity contribution in [3.05, 3.63) is 47.2 Å². The number of hydrogen-bond donors (Lipinski definition) is 1. The van der Waals surface area contributed by atoms with E-state index < -0.39 is 12.0 Å². The molecule has 0 spiro atoms. The van der Waals surface area contributed by atoms with Crippen LogP contribution in [-0.2, 0) is 25.5 Å². The van der Waals surface area contributed by atoms with Gasteiger partial charge in [0.15, 0.2) is 0 Å². The molecular formula is C17H17ClN2O4S. The first-order valence-electron chi connectivity index (χ1n) is 7.71. The molecule has 0 aliphatic carbocycles. The molecule has 0 bridgehead atoms. The molecule has 8 heteroatoms. The third-order valence-corrected chi connectivity index (χ3v) is 5.77. The van der Waals surface area contributed by atoms with Crippen LogP contribution in [0.5, 0.6) is 0 Å². The fourth-order valence-electron chi connectivity index (χ4n) is 2.88. The first-order chi connectivity index (χ1) is 12.1. The van der Waals surface area contributed by atoms with Crippen molar-refractivity contribution in [3.8, 4) is 0 Å². The van der Waals surface area contributed by atoms with Crippen molar-refractivity contribution in [1.29, 1.82) is 0 Å². The maximum atomic E-state index is 12.5. The number of esters is 1. The summed E-state index contributed by atoms with van der Waals surface area (Å²) in [7, 11) is 1.27. The van der Waals surface area contributed by atoms with Crippen LogP contribution in [0.1, 0.15) is 5.56 Å². The normalized spacial score (nSPS) is 22.2. The Morgan fingerprint density at radius 2 is 2.08 bits per heavy atom. The van der Waals surface area contributed by atoms with E-state index in [1.54, 1.807) is 0 Å². The Hall–Kier alpha value is -1.99. The zero-order chi connectivity index (χ0) is 18.0. The fraction of sp³-hybridized carbons (Fsp3) is 0.353. The molecule has 2 atom stereocenters. The average Bonchev–Trinajstić information content (AvgIpc) is 2.64. The van der Waals surface area contributed by atoms with Crippen molar-refractivity contribution in [2.24, 2.45) is 0 Å². The molecule has 1 fully saturated rings. The quantitative estimate of drug-likeness (QED) is 0.473. The number of alkyl halides is 1. The molecule has 0 aromatic heterocycles. The molecule has 1 aromatic carbocycles. The van der Waals surface area contributed by atoms with Gasteiger partial charge in [-0.15, -0.1) is 23.4 Å². The standard InChI is InChI=1S/C17H17ClN2O4S/c1-24-17(23)14-11(8-18)9-25-16-13(15(22)20(14)16)19-12(21)7-10-5-3-2-4-6-10/h2-6,13,16H,7-9H2,1H3,(H,19,21). The van der Waals surface area contributed by atoms with Gasteiger partial charge >= 0.3 is 5.97 Å². The first-order valence-corrected chi connectivity index (χ1v) is 9.29. The molecule has 6 nitrogen and oxygen atoms in total.